The Balaban J connectivity index is 2.05. The summed E-state index contributed by atoms with van der Waals surface area (Å²) < 4.78 is 0. The van der Waals surface area contributed by atoms with Crippen LogP contribution in [0.2, 0.25) is 0 Å². The van der Waals surface area contributed by atoms with Crippen molar-refractivity contribution >= 4 is 11.9 Å². The van der Waals surface area contributed by atoms with Gasteiger partial charge in [0.15, 0.2) is 6.73 Å². The molecule has 1 aliphatic heterocycles. The summed E-state index contributed by atoms with van der Waals surface area (Å²) in [6, 6.07) is 10.1. The van der Waals surface area contributed by atoms with Gasteiger partial charge in [-0.3, -0.25) is 4.84 Å². The third kappa shape index (κ3) is 2.16. The van der Waals surface area contributed by atoms with Crippen LogP contribution in [0, 0.1) is 0 Å². The zero-order chi connectivity index (χ0) is 8.93. The summed E-state index contributed by atoms with van der Waals surface area (Å²) >= 11 is 0. The van der Waals surface area contributed by atoms with E-state index < -0.39 is 0 Å². The van der Waals surface area contributed by atoms with E-state index in [1.807, 2.05) is 42.5 Å². The molecule has 0 amide bonds. The minimum Gasteiger partial charge on any atom is -0.251 e. The fourth-order valence-corrected chi connectivity index (χ4v) is 1.07. The first-order valence-corrected chi connectivity index (χ1v) is 4.10. The van der Waals surface area contributed by atoms with Crippen LogP contribution in [0.15, 0.2) is 41.4 Å². The van der Waals surface area contributed by atoms with E-state index in [1.165, 1.54) is 0 Å². The Kier molecular flexibility index (Phi) is 2.38. The molecule has 1 heterocycles. The van der Waals surface area contributed by atoms with Crippen LogP contribution in [0.5, 0.6) is 0 Å². The van der Waals surface area contributed by atoms with Gasteiger partial charge < -0.3 is 0 Å². The molecule has 0 aromatic heterocycles. The molecule has 1 aromatic carbocycles. The van der Waals surface area contributed by atoms with Crippen LogP contribution >= 0.6 is 0 Å². The summed E-state index contributed by atoms with van der Waals surface area (Å²) in [6.07, 6.45) is 3.88. The second kappa shape index (κ2) is 3.87. The van der Waals surface area contributed by atoms with Gasteiger partial charge in [0.1, 0.15) is 5.84 Å². The summed E-state index contributed by atoms with van der Waals surface area (Å²) in [5.41, 5.74) is 3.84. The van der Waals surface area contributed by atoms with Crippen molar-refractivity contribution in [2.75, 3.05) is 6.73 Å². The van der Waals surface area contributed by atoms with E-state index in [0.29, 0.717) is 6.73 Å². The highest BCUT2D eigenvalue weighted by atomic mass is 16.7. The predicted octanol–water partition coefficient (Wildman–Crippen LogP) is 1.59. The molecule has 0 fully saturated rings. The second-order valence-corrected chi connectivity index (χ2v) is 2.66. The van der Waals surface area contributed by atoms with Gasteiger partial charge in [-0.25, -0.2) is 10.5 Å². The van der Waals surface area contributed by atoms with Gasteiger partial charge in [-0.2, -0.15) is 0 Å². The molecule has 3 nitrogen and oxygen atoms in total. The lowest BCUT2D eigenvalue weighted by atomic mass is 10.2. The molecule has 0 radical (unpaired) electrons. The van der Waals surface area contributed by atoms with Crippen molar-refractivity contribution in [3.63, 3.8) is 0 Å². The number of nitrogens with one attached hydrogen (secondary N) is 1. The number of hydroxylamine groups is 1. The van der Waals surface area contributed by atoms with Crippen molar-refractivity contribution < 1.29 is 4.84 Å². The number of hydrogen-bond acceptors (Lipinski definition) is 3. The van der Waals surface area contributed by atoms with Crippen molar-refractivity contribution in [3.05, 3.63) is 42.0 Å². The Hall–Kier alpha value is -1.61. The van der Waals surface area contributed by atoms with Crippen LogP contribution in [0.25, 0.3) is 6.08 Å². The topological polar surface area (TPSA) is 33.6 Å². The quantitative estimate of drug-likeness (QED) is 0.738. The monoisotopic (exact) mass is 174 g/mol. The molecular weight excluding hydrogens is 164 g/mol. The molecule has 13 heavy (non-hydrogen) atoms. The first-order chi connectivity index (χ1) is 6.45. The van der Waals surface area contributed by atoms with Gasteiger partial charge in [0.25, 0.3) is 0 Å². The number of benzene rings is 1. The zero-order valence-electron chi connectivity index (χ0n) is 7.10. The lowest BCUT2D eigenvalue weighted by molar-refractivity contribution is 0.115. The predicted molar refractivity (Wildman–Crippen MR) is 52.0 cm³/mol. The minimum absolute atomic E-state index is 0.397. The maximum absolute atomic E-state index is 4.84. The van der Waals surface area contributed by atoms with Gasteiger partial charge in [-0.15, -0.1) is 0 Å². The van der Waals surface area contributed by atoms with Gasteiger partial charge in [0, 0.05) is 0 Å². The van der Waals surface area contributed by atoms with Crippen LogP contribution in [0.3, 0.4) is 0 Å². The van der Waals surface area contributed by atoms with Crippen molar-refractivity contribution in [3.8, 4) is 0 Å². The molecule has 0 aliphatic carbocycles. The number of aliphatic imine (C=N–C) groups is 1. The van der Waals surface area contributed by atoms with Crippen LogP contribution in [-0.4, -0.2) is 12.6 Å². The van der Waals surface area contributed by atoms with Gasteiger partial charge in [-0.05, 0) is 11.6 Å². The highest BCUT2D eigenvalue weighted by molar-refractivity contribution is 5.96. The highest BCUT2D eigenvalue weighted by Gasteiger charge is 1.99. The van der Waals surface area contributed by atoms with E-state index in [-0.39, 0.29) is 0 Å². The van der Waals surface area contributed by atoms with Gasteiger partial charge in [-0.1, -0.05) is 36.4 Å². The number of hydrogen-bond donors (Lipinski definition) is 1. The molecular formula is C10H10N2O. The first-order valence-electron chi connectivity index (χ1n) is 4.10. The third-order valence-electron chi connectivity index (χ3n) is 1.71. The van der Waals surface area contributed by atoms with E-state index in [4.69, 9.17) is 4.84 Å². The third-order valence-corrected chi connectivity index (χ3v) is 1.71. The molecule has 0 spiro atoms. The Morgan fingerprint density at radius 1 is 1.23 bits per heavy atom. The lowest BCUT2D eigenvalue weighted by Crippen LogP contribution is -2.13. The van der Waals surface area contributed by atoms with Crippen molar-refractivity contribution in [1.82, 2.24) is 5.48 Å². The van der Waals surface area contributed by atoms with E-state index in [9.17, 15) is 0 Å². The van der Waals surface area contributed by atoms with Crippen molar-refractivity contribution in [2.24, 2.45) is 4.99 Å². The summed E-state index contributed by atoms with van der Waals surface area (Å²) in [4.78, 5) is 8.89. The molecule has 0 saturated heterocycles. The normalized spacial score (nSPS) is 15.8. The molecule has 0 unspecified atom stereocenters. The molecule has 0 bridgehead atoms. The number of amidine groups is 1. The van der Waals surface area contributed by atoms with Crippen molar-refractivity contribution in [2.45, 2.75) is 0 Å². The fourth-order valence-electron chi connectivity index (χ4n) is 1.07. The number of nitrogens with zero attached hydrogens (tertiary/aromatic N) is 1. The maximum atomic E-state index is 4.84. The van der Waals surface area contributed by atoms with Gasteiger partial charge >= 0.3 is 0 Å². The van der Waals surface area contributed by atoms with Crippen molar-refractivity contribution in [1.29, 1.82) is 0 Å². The minimum atomic E-state index is 0.397. The van der Waals surface area contributed by atoms with Crippen LogP contribution < -0.4 is 5.48 Å². The summed E-state index contributed by atoms with van der Waals surface area (Å²) in [7, 11) is 0. The Morgan fingerprint density at radius 3 is 2.77 bits per heavy atom. The average Bonchev–Trinajstić information content (AvgIpc) is 2.69. The summed E-state index contributed by atoms with van der Waals surface area (Å²) in [5.74, 6) is 0.767. The van der Waals surface area contributed by atoms with Gasteiger partial charge in [0.05, 0.1) is 0 Å². The Bertz CT molecular complexity index is 330. The molecule has 1 aliphatic rings. The molecule has 0 atom stereocenters. The fraction of sp³-hybridized carbons (Fsp3) is 0.100. The molecule has 1 aromatic rings. The van der Waals surface area contributed by atoms with Gasteiger partial charge in [0.2, 0.25) is 0 Å². The lowest BCUT2D eigenvalue weighted by Gasteiger charge is -1.93. The molecule has 2 rings (SSSR count). The molecule has 0 saturated carbocycles. The van der Waals surface area contributed by atoms with Crippen LogP contribution in [-0.2, 0) is 4.84 Å². The average molecular weight is 174 g/mol. The molecule has 3 heteroatoms. The first kappa shape index (κ1) is 8.01. The smallest absolute Gasteiger partial charge is 0.167 e. The zero-order valence-corrected chi connectivity index (χ0v) is 7.10. The second-order valence-electron chi connectivity index (χ2n) is 2.66. The Morgan fingerprint density at radius 2 is 2.08 bits per heavy atom. The van der Waals surface area contributed by atoms with E-state index in [2.05, 4.69) is 10.5 Å². The maximum Gasteiger partial charge on any atom is 0.167 e. The summed E-state index contributed by atoms with van der Waals surface area (Å²) in [5, 5.41) is 0. The van der Waals surface area contributed by atoms with E-state index in [1.54, 1.807) is 0 Å². The van der Waals surface area contributed by atoms with Crippen LogP contribution in [0.1, 0.15) is 5.56 Å². The Labute approximate surface area is 76.7 Å². The van der Waals surface area contributed by atoms with E-state index >= 15 is 0 Å². The van der Waals surface area contributed by atoms with Crippen LogP contribution in [0.4, 0.5) is 0 Å². The SMILES string of the molecule is C(=C\c1ccccc1)/C1=NCON1. The number of rotatable bonds is 2. The standard InChI is InChI=1S/C10H10N2O/c1-2-4-9(5-3-1)6-7-10-11-8-13-12-10/h1-7H,8H2,(H,11,12)/b7-6+. The summed E-state index contributed by atoms with van der Waals surface area (Å²) in [6.45, 7) is 0.397. The molecule has 66 valence electrons. The molecule has 1 N–H and O–H groups in total. The highest BCUT2D eigenvalue weighted by Crippen LogP contribution is 2.01. The largest absolute Gasteiger partial charge is 0.251 e. The van der Waals surface area contributed by atoms with E-state index in [0.717, 1.165) is 11.4 Å².